The molecule has 0 saturated carbocycles. The molecular weight excluding hydrogens is 258 g/mol. The van der Waals surface area contributed by atoms with Crippen molar-refractivity contribution in [1.82, 2.24) is 10.3 Å². The number of hydrogen-bond acceptors (Lipinski definition) is 3. The minimum absolute atomic E-state index is 0.893. The maximum Gasteiger partial charge on any atom is 0.128 e. The molecule has 1 aliphatic heterocycles. The van der Waals surface area contributed by atoms with Crippen molar-refractivity contribution < 1.29 is 0 Å². The zero-order valence-corrected chi connectivity index (χ0v) is 13.3. The van der Waals surface area contributed by atoms with E-state index in [1.807, 2.05) is 13.1 Å². The summed E-state index contributed by atoms with van der Waals surface area (Å²) in [7, 11) is 0. The van der Waals surface area contributed by atoms with Crippen molar-refractivity contribution in [2.24, 2.45) is 0 Å². The zero-order valence-electron chi connectivity index (χ0n) is 13.3. The fourth-order valence-electron chi connectivity index (χ4n) is 2.59. The Morgan fingerprint density at radius 3 is 2.90 bits per heavy atom. The molecular formula is C18H27N3. The second-order valence-corrected chi connectivity index (χ2v) is 5.71. The highest BCUT2D eigenvalue weighted by atomic mass is 15.2. The van der Waals surface area contributed by atoms with Crippen LogP contribution in [0.5, 0.6) is 0 Å². The molecule has 0 aliphatic carbocycles. The molecule has 3 heteroatoms. The summed E-state index contributed by atoms with van der Waals surface area (Å²) >= 11 is 0. The second kappa shape index (κ2) is 8.63. The number of hydrogen-bond donors (Lipinski definition) is 1. The maximum atomic E-state index is 4.52. The van der Waals surface area contributed by atoms with Gasteiger partial charge in [0.1, 0.15) is 5.82 Å². The van der Waals surface area contributed by atoms with Crippen LogP contribution in [0, 0.1) is 0 Å². The summed E-state index contributed by atoms with van der Waals surface area (Å²) in [6.45, 7) is 8.30. The Morgan fingerprint density at radius 2 is 2.14 bits per heavy atom. The number of nitrogens with one attached hydrogen (secondary N) is 1. The van der Waals surface area contributed by atoms with Gasteiger partial charge in [0.2, 0.25) is 0 Å². The highest BCUT2D eigenvalue weighted by Gasteiger charge is 2.11. The first-order valence-electron chi connectivity index (χ1n) is 7.98. The molecule has 1 N–H and O–H groups in total. The molecule has 1 aliphatic rings. The Labute approximate surface area is 128 Å². The number of nitrogens with zero attached hydrogens (tertiary/aromatic N) is 2. The van der Waals surface area contributed by atoms with Crippen molar-refractivity contribution in [2.75, 3.05) is 24.5 Å². The molecule has 0 spiro atoms. The smallest absolute Gasteiger partial charge is 0.128 e. The predicted molar refractivity (Wildman–Crippen MR) is 90.6 cm³/mol. The summed E-state index contributed by atoms with van der Waals surface area (Å²) in [5.74, 6) is 1.13. The summed E-state index contributed by atoms with van der Waals surface area (Å²) in [5, 5.41) is 3.49. The van der Waals surface area contributed by atoms with E-state index >= 15 is 0 Å². The van der Waals surface area contributed by atoms with Crippen LogP contribution in [0.15, 0.2) is 42.1 Å². The van der Waals surface area contributed by atoms with Gasteiger partial charge in [-0.3, -0.25) is 0 Å². The Balaban J connectivity index is 1.86. The van der Waals surface area contributed by atoms with Crippen LogP contribution >= 0.6 is 0 Å². The van der Waals surface area contributed by atoms with Gasteiger partial charge < -0.3 is 10.2 Å². The van der Waals surface area contributed by atoms with E-state index in [4.69, 9.17) is 0 Å². The monoisotopic (exact) mass is 285 g/mol. The number of allylic oxidation sites excluding steroid dienone is 3. The van der Waals surface area contributed by atoms with E-state index in [2.05, 4.69) is 52.5 Å². The number of pyridine rings is 1. The van der Waals surface area contributed by atoms with Crippen LogP contribution in [-0.2, 0) is 6.54 Å². The van der Waals surface area contributed by atoms with Crippen molar-refractivity contribution in [1.29, 1.82) is 0 Å². The molecule has 1 saturated heterocycles. The Bertz CT molecular complexity index is 485. The third-order valence-corrected chi connectivity index (χ3v) is 3.80. The Hall–Kier alpha value is -1.61. The van der Waals surface area contributed by atoms with E-state index in [0.717, 1.165) is 32.0 Å². The molecule has 3 nitrogen and oxygen atoms in total. The van der Waals surface area contributed by atoms with Gasteiger partial charge in [-0.05, 0) is 50.8 Å². The van der Waals surface area contributed by atoms with Gasteiger partial charge in [0.25, 0.3) is 0 Å². The van der Waals surface area contributed by atoms with E-state index in [9.17, 15) is 0 Å². The molecule has 1 aromatic rings. The van der Waals surface area contributed by atoms with E-state index < -0.39 is 0 Å². The van der Waals surface area contributed by atoms with Gasteiger partial charge in [0.05, 0.1) is 0 Å². The lowest BCUT2D eigenvalue weighted by Gasteiger charge is -2.27. The lowest BCUT2D eigenvalue weighted by molar-refractivity contribution is 0.573. The SMILES string of the molecule is C/C=C\C=C(/C)CNCc1ccnc(N2CCCCC2)c1. The van der Waals surface area contributed by atoms with E-state index in [-0.39, 0.29) is 0 Å². The van der Waals surface area contributed by atoms with Gasteiger partial charge in [0, 0.05) is 32.4 Å². The quantitative estimate of drug-likeness (QED) is 0.808. The lowest BCUT2D eigenvalue weighted by atomic mass is 10.1. The highest BCUT2D eigenvalue weighted by molar-refractivity contribution is 5.41. The number of rotatable bonds is 6. The first-order valence-corrected chi connectivity index (χ1v) is 7.98. The number of aromatic nitrogens is 1. The third kappa shape index (κ3) is 5.35. The molecule has 2 rings (SSSR count). The predicted octanol–water partition coefficient (Wildman–Crippen LogP) is 3.68. The van der Waals surface area contributed by atoms with Gasteiger partial charge in [-0.1, -0.05) is 23.8 Å². The van der Waals surface area contributed by atoms with Crippen LogP contribution in [0.4, 0.5) is 5.82 Å². The first-order chi connectivity index (χ1) is 10.3. The van der Waals surface area contributed by atoms with Gasteiger partial charge >= 0.3 is 0 Å². The molecule has 21 heavy (non-hydrogen) atoms. The Morgan fingerprint density at radius 1 is 1.33 bits per heavy atom. The van der Waals surface area contributed by atoms with Gasteiger partial charge in [-0.2, -0.15) is 0 Å². The van der Waals surface area contributed by atoms with Crippen molar-refractivity contribution in [3.05, 3.63) is 47.7 Å². The molecule has 0 amide bonds. The average molecular weight is 285 g/mol. The molecule has 2 heterocycles. The standard InChI is InChI=1S/C18H27N3/c1-3-4-8-16(2)14-19-15-17-9-10-20-18(13-17)21-11-6-5-7-12-21/h3-4,8-10,13,19H,5-7,11-12,14-15H2,1-2H3/b4-3-,16-8+. The summed E-state index contributed by atoms with van der Waals surface area (Å²) in [4.78, 5) is 6.93. The van der Waals surface area contributed by atoms with E-state index in [0.29, 0.717) is 0 Å². The summed E-state index contributed by atoms with van der Waals surface area (Å²) in [6, 6.07) is 4.33. The van der Waals surface area contributed by atoms with Gasteiger partial charge in [0.15, 0.2) is 0 Å². The molecule has 1 fully saturated rings. The molecule has 0 atom stereocenters. The van der Waals surface area contributed by atoms with E-state index in [1.165, 1.54) is 30.4 Å². The molecule has 114 valence electrons. The van der Waals surface area contributed by atoms with Crippen LogP contribution in [-0.4, -0.2) is 24.6 Å². The number of piperidine rings is 1. The average Bonchev–Trinajstić information content (AvgIpc) is 2.54. The molecule has 0 unspecified atom stereocenters. The summed E-state index contributed by atoms with van der Waals surface area (Å²) in [6.07, 6.45) is 12.2. The largest absolute Gasteiger partial charge is 0.357 e. The summed E-state index contributed by atoms with van der Waals surface area (Å²) < 4.78 is 0. The van der Waals surface area contributed by atoms with Crippen LogP contribution < -0.4 is 10.2 Å². The number of anilines is 1. The second-order valence-electron chi connectivity index (χ2n) is 5.71. The van der Waals surface area contributed by atoms with Crippen LogP contribution in [0.1, 0.15) is 38.7 Å². The molecule has 1 aromatic heterocycles. The fourth-order valence-corrected chi connectivity index (χ4v) is 2.59. The van der Waals surface area contributed by atoms with Crippen LogP contribution in [0.2, 0.25) is 0 Å². The zero-order chi connectivity index (χ0) is 14.9. The fraction of sp³-hybridized carbons (Fsp3) is 0.500. The normalized spacial score (nSPS) is 16.7. The minimum Gasteiger partial charge on any atom is -0.357 e. The van der Waals surface area contributed by atoms with Gasteiger partial charge in [-0.25, -0.2) is 4.98 Å². The molecule has 0 bridgehead atoms. The van der Waals surface area contributed by atoms with E-state index in [1.54, 1.807) is 0 Å². The van der Waals surface area contributed by atoms with Crippen molar-refractivity contribution in [3.63, 3.8) is 0 Å². The first kappa shape index (κ1) is 15.8. The van der Waals surface area contributed by atoms with Gasteiger partial charge in [-0.15, -0.1) is 0 Å². The summed E-state index contributed by atoms with van der Waals surface area (Å²) in [5.41, 5.74) is 2.66. The Kier molecular flexibility index (Phi) is 6.48. The minimum atomic E-state index is 0.893. The van der Waals surface area contributed by atoms with Crippen LogP contribution in [0.25, 0.3) is 0 Å². The van der Waals surface area contributed by atoms with Crippen molar-refractivity contribution in [2.45, 2.75) is 39.7 Å². The third-order valence-electron chi connectivity index (χ3n) is 3.80. The topological polar surface area (TPSA) is 28.2 Å². The lowest BCUT2D eigenvalue weighted by Crippen LogP contribution is -2.30. The molecule has 0 radical (unpaired) electrons. The highest BCUT2D eigenvalue weighted by Crippen LogP contribution is 2.18. The van der Waals surface area contributed by atoms with Crippen molar-refractivity contribution >= 4 is 5.82 Å². The van der Waals surface area contributed by atoms with Crippen molar-refractivity contribution in [3.8, 4) is 0 Å². The molecule has 0 aromatic carbocycles. The maximum absolute atomic E-state index is 4.52. The van der Waals surface area contributed by atoms with Crippen LogP contribution in [0.3, 0.4) is 0 Å².